The number of anilines is 1. The van der Waals surface area contributed by atoms with Gasteiger partial charge in [0.1, 0.15) is 5.75 Å². The van der Waals surface area contributed by atoms with Crippen LogP contribution in [0.3, 0.4) is 0 Å². The van der Waals surface area contributed by atoms with Gasteiger partial charge < -0.3 is 15.4 Å². The van der Waals surface area contributed by atoms with Crippen LogP contribution in [-0.2, 0) is 11.2 Å². The molecule has 1 atom stereocenters. The monoisotopic (exact) mass is 336 g/mol. The number of hydrogen-bond donors (Lipinski definition) is 2. The minimum atomic E-state index is -0.204. The molecule has 2 N–H and O–H groups in total. The van der Waals surface area contributed by atoms with Crippen LogP contribution in [0.1, 0.15) is 28.8 Å². The lowest BCUT2D eigenvalue weighted by Crippen LogP contribution is -2.38. The van der Waals surface area contributed by atoms with E-state index in [-0.39, 0.29) is 24.5 Å². The zero-order valence-electron chi connectivity index (χ0n) is 13.8. The smallest absolute Gasteiger partial charge is 0.262 e. The molecule has 128 valence electrons. The van der Waals surface area contributed by atoms with Crippen LogP contribution in [0.2, 0.25) is 0 Å². The van der Waals surface area contributed by atoms with Crippen molar-refractivity contribution in [1.29, 1.82) is 0 Å². The van der Waals surface area contributed by atoms with Crippen LogP contribution in [0, 0.1) is 5.92 Å². The number of fused-ring (bicyclic) bond motifs is 1. The fourth-order valence-corrected chi connectivity index (χ4v) is 3.18. The molecule has 1 heterocycles. The van der Waals surface area contributed by atoms with Crippen LogP contribution < -0.4 is 15.4 Å². The largest absolute Gasteiger partial charge is 0.482 e. The molecule has 2 aliphatic rings. The van der Waals surface area contributed by atoms with Crippen molar-refractivity contribution >= 4 is 17.5 Å². The third-order valence-corrected chi connectivity index (χ3v) is 4.68. The second-order valence-corrected chi connectivity index (χ2v) is 6.65. The zero-order chi connectivity index (χ0) is 17.2. The third-order valence-electron chi connectivity index (χ3n) is 4.68. The van der Waals surface area contributed by atoms with Crippen LogP contribution in [0.4, 0.5) is 5.69 Å². The molecule has 0 bridgehead atoms. The van der Waals surface area contributed by atoms with E-state index in [9.17, 15) is 9.59 Å². The van der Waals surface area contributed by atoms with Crippen molar-refractivity contribution in [2.45, 2.75) is 25.3 Å². The predicted octanol–water partition coefficient (Wildman–Crippen LogP) is 2.77. The molecule has 1 saturated carbocycles. The lowest BCUT2D eigenvalue weighted by Gasteiger charge is -2.21. The molecule has 0 radical (unpaired) electrons. The molecule has 25 heavy (non-hydrogen) atoms. The molecule has 2 amide bonds. The number of carbonyl (C=O) groups is 2. The van der Waals surface area contributed by atoms with E-state index in [2.05, 4.69) is 22.8 Å². The second kappa shape index (κ2) is 6.59. The minimum Gasteiger partial charge on any atom is -0.482 e. The molecule has 1 fully saturated rings. The van der Waals surface area contributed by atoms with Crippen molar-refractivity contribution in [3.05, 3.63) is 59.7 Å². The van der Waals surface area contributed by atoms with Crippen molar-refractivity contribution < 1.29 is 14.3 Å². The molecule has 0 spiro atoms. The van der Waals surface area contributed by atoms with Gasteiger partial charge in [0.15, 0.2) is 6.61 Å². The zero-order valence-corrected chi connectivity index (χ0v) is 13.8. The summed E-state index contributed by atoms with van der Waals surface area (Å²) in [6, 6.07) is 15.5. The summed E-state index contributed by atoms with van der Waals surface area (Å²) in [4.78, 5) is 24.1. The maximum Gasteiger partial charge on any atom is 0.262 e. The second-order valence-electron chi connectivity index (χ2n) is 6.65. The van der Waals surface area contributed by atoms with E-state index < -0.39 is 0 Å². The molecule has 0 saturated heterocycles. The first-order valence-corrected chi connectivity index (χ1v) is 8.60. The molecular weight excluding hydrogens is 316 g/mol. The van der Waals surface area contributed by atoms with Gasteiger partial charge in [0.2, 0.25) is 0 Å². The van der Waals surface area contributed by atoms with E-state index >= 15 is 0 Å². The summed E-state index contributed by atoms with van der Waals surface area (Å²) < 4.78 is 5.34. The molecule has 1 aliphatic carbocycles. The Morgan fingerprint density at radius 3 is 2.76 bits per heavy atom. The summed E-state index contributed by atoms with van der Waals surface area (Å²) in [5.41, 5.74) is 2.31. The number of nitrogens with one attached hydrogen (secondary N) is 2. The first-order valence-electron chi connectivity index (χ1n) is 8.60. The summed E-state index contributed by atoms with van der Waals surface area (Å²) in [6.45, 7) is 0.0133. The Kier molecular flexibility index (Phi) is 4.14. The highest BCUT2D eigenvalue weighted by atomic mass is 16.5. The average Bonchev–Trinajstić information content (AvgIpc) is 3.46. The Hall–Kier alpha value is -2.82. The van der Waals surface area contributed by atoms with E-state index in [1.165, 1.54) is 5.56 Å². The summed E-state index contributed by atoms with van der Waals surface area (Å²) >= 11 is 0. The minimum absolute atomic E-state index is 0.0133. The van der Waals surface area contributed by atoms with Gasteiger partial charge in [-0.2, -0.15) is 0 Å². The fourth-order valence-electron chi connectivity index (χ4n) is 3.18. The molecule has 0 aromatic heterocycles. The highest BCUT2D eigenvalue weighted by Crippen LogP contribution is 2.34. The van der Waals surface area contributed by atoms with Gasteiger partial charge in [-0.05, 0) is 48.9 Å². The van der Waals surface area contributed by atoms with Gasteiger partial charge in [-0.15, -0.1) is 0 Å². The average molecular weight is 336 g/mol. The predicted molar refractivity (Wildman–Crippen MR) is 94.7 cm³/mol. The molecule has 1 unspecified atom stereocenters. The molecule has 5 heteroatoms. The van der Waals surface area contributed by atoms with E-state index in [4.69, 9.17) is 4.74 Å². The summed E-state index contributed by atoms with van der Waals surface area (Å²) in [7, 11) is 0. The van der Waals surface area contributed by atoms with Crippen molar-refractivity contribution in [1.82, 2.24) is 5.32 Å². The normalized spacial score (nSPS) is 17.0. The van der Waals surface area contributed by atoms with Crippen molar-refractivity contribution in [2.24, 2.45) is 5.92 Å². The van der Waals surface area contributed by atoms with E-state index in [0.717, 1.165) is 19.3 Å². The molecule has 2 aromatic rings. The van der Waals surface area contributed by atoms with Gasteiger partial charge in [-0.3, -0.25) is 9.59 Å². The number of benzene rings is 2. The van der Waals surface area contributed by atoms with Crippen LogP contribution in [0.25, 0.3) is 0 Å². The van der Waals surface area contributed by atoms with Gasteiger partial charge in [-0.25, -0.2) is 0 Å². The van der Waals surface area contributed by atoms with E-state index in [1.807, 2.05) is 18.2 Å². The first-order chi connectivity index (χ1) is 12.2. The van der Waals surface area contributed by atoms with Crippen LogP contribution in [-0.4, -0.2) is 24.5 Å². The van der Waals surface area contributed by atoms with Crippen LogP contribution in [0.5, 0.6) is 5.75 Å². The summed E-state index contributed by atoms with van der Waals surface area (Å²) in [5, 5.41) is 5.91. The van der Waals surface area contributed by atoms with Crippen molar-refractivity contribution in [3.8, 4) is 5.75 Å². The Morgan fingerprint density at radius 2 is 2.00 bits per heavy atom. The highest BCUT2D eigenvalue weighted by Gasteiger charge is 2.32. The van der Waals surface area contributed by atoms with Gasteiger partial charge in [0, 0.05) is 11.6 Å². The SMILES string of the molecule is O=C1COc2ccc(C(=O)NC(Cc3ccccc3)C3CC3)cc2N1. The lowest BCUT2D eigenvalue weighted by atomic mass is 10.0. The third kappa shape index (κ3) is 3.65. The topological polar surface area (TPSA) is 67.4 Å². The fraction of sp³-hybridized carbons (Fsp3) is 0.300. The number of carbonyl (C=O) groups excluding carboxylic acids is 2. The van der Waals surface area contributed by atoms with Crippen LogP contribution in [0.15, 0.2) is 48.5 Å². The molecule has 5 nitrogen and oxygen atoms in total. The molecule has 2 aromatic carbocycles. The Balaban J connectivity index is 1.48. The quantitative estimate of drug-likeness (QED) is 0.882. The number of amides is 2. The summed E-state index contributed by atoms with van der Waals surface area (Å²) in [5.74, 6) is 0.824. The maximum atomic E-state index is 12.7. The number of hydrogen-bond acceptors (Lipinski definition) is 3. The van der Waals surface area contributed by atoms with Crippen molar-refractivity contribution in [2.75, 3.05) is 11.9 Å². The maximum absolute atomic E-state index is 12.7. The van der Waals surface area contributed by atoms with E-state index in [0.29, 0.717) is 22.9 Å². The number of ether oxygens (including phenoxy) is 1. The molecular formula is C20H20N2O3. The van der Waals surface area contributed by atoms with Gasteiger partial charge in [0.05, 0.1) is 5.69 Å². The van der Waals surface area contributed by atoms with Gasteiger partial charge in [-0.1, -0.05) is 30.3 Å². The Morgan fingerprint density at radius 1 is 1.20 bits per heavy atom. The Bertz CT molecular complexity index is 800. The number of rotatable bonds is 5. The lowest BCUT2D eigenvalue weighted by molar-refractivity contribution is -0.118. The Labute approximate surface area is 146 Å². The standard InChI is InChI=1S/C20H20N2O3/c23-19-12-25-18-9-8-15(11-17(18)21-19)20(24)22-16(14-6-7-14)10-13-4-2-1-3-5-13/h1-5,8-9,11,14,16H,6-7,10,12H2,(H,21,23)(H,22,24). The van der Waals surface area contributed by atoms with Crippen LogP contribution >= 0.6 is 0 Å². The highest BCUT2D eigenvalue weighted by molar-refractivity contribution is 6.00. The molecule has 4 rings (SSSR count). The van der Waals surface area contributed by atoms with E-state index in [1.54, 1.807) is 18.2 Å². The van der Waals surface area contributed by atoms with Gasteiger partial charge >= 0.3 is 0 Å². The first kappa shape index (κ1) is 15.7. The molecule has 1 aliphatic heterocycles. The van der Waals surface area contributed by atoms with Crippen molar-refractivity contribution in [3.63, 3.8) is 0 Å². The van der Waals surface area contributed by atoms with Gasteiger partial charge in [0.25, 0.3) is 11.8 Å². The summed E-state index contributed by atoms with van der Waals surface area (Å²) in [6.07, 6.45) is 3.15.